The highest BCUT2D eigenvalue weighted by Gasteiger charge is 2.35. The lowest BCUT2D eigenvalue weighted by Gasteiger charge is -2.27. The molecule has 0 saturated carbocycles. The molecule has 16 rings (SSSR count). The molecule has 0 fully saturated rings. The van der Waals surface area contributed by atoms with Gasteiger partial charge in [0.15, 0.2) is 0 Å². The van der Waals surface area contributed by atoms with Crippen LogP contribution in [0.4, 0.5) is 0 Å². The Hall–Kier alpha value is -9.96. The van der Waals surface area contributed by atoms with Gasteiger partial charge in [-0.15, -0.1) is 11.3 Å². The summed E-state index contributed by atoms with van der Waals surface area (Å²) in [5.74, 6) is 0. The molecule has 0 aliphatic heterocycles. The lowest BCUT2D eigenvalue weighted by atomic mass is 9.98. The van der Waals surface area contributed by atoms with Crippen molar-refractivity contribution >= 4 is 132 Å². The molecular formula is C71H46N6SSi. The minimum atomic E-state index is -1.87. The fourth-order valence-corrected chi connectivity index (χ4v) is 16.2. The molecule has 79 heavy (non-hydrogen) atoms. The zero-order valence-corrected chi connectivity index (χ0v) is 45.3. The van der Waals surface area contributed by atoms with E-state index in [1.54, 1.807) is 11.3 Å². The number of benzene rings is 11. The molecule has 370 valence electrons. The normalized spacial score (nSPS) is 12.2. The Morgan fingerprint density at radius 3 is 1.14 bits per heavy atom. The molecule has 11 aromatic carbocycles. The summed E-state index contributed by atoms with van der Waals surface area (Å²) in [6.45, 7) is 7.24. The van der Waals surface area contributed by atoms with Crippen LogP contribution in [0.1, 0.15) is 11.1 Å². The van der Waals surface area contributed by atoms with Crippen molar-refractivity contribution in [2.24, 2.45) is 0 Å². The van der Waals surface area contributed by atoms with Crippen LogP contribution in [0, 0.1) is 22.7 Å². The summed E-state index contributed by atoms with van der Waals surface area (Å²) in [7, 11) is -1.87. The third kappa shape index (κ3) is 6.24. The topological polar surface area (TPSA) is 67.3 Å². The number of nitrogens with zero attached hydrogens (tertiary/aromatic N) is 6. The Bertz CT molecular complexity index is 5250. The van der Waals surface area contributed by atoms with Crippen molar-refractivity contribution in [1.29, 1.82) is 10.5 Å². The predicted octanol–water partition coefficient (Wildman–Crippen LogP) is 18.4. The largest absolute Gasteiger partial charge is 0.306 e. The minimum absolute atomic E-state index is 0.433. The maximum atomic E-state index is 13.0. The molecule has 5 aromatic heterocycles. The molecule has 0 aliphatic carbocycles. The van der Waals surface area contributed by atoms with Crippen molar-refractivity contribution < 1.29 is 0 Å². The van der Waals surface area contributed by atoms with Crippen molar-refractivity contribution in [3.8, 4) is 46.0 Å². The molecule has 0 saturated heterocycles. The molecule has 0 aliphatic rings. The van der Waals surface area contributed by atoms with Gasteiger partial charge in [0, 0.05) is 58.6 Å². The Labute approximate surface area is 459 Å². The first kappa shape index (κ1) is 45.3. The third-order valence-electron chi connectivity index (χ3n) is 16.6. The predicted molar refractivity (Wildman–Crippen MR) is 335 cm³/mol. The summed E-state index contributed by atoms with van der Waals surface area (Å²) in [6.07, 6.45) is 0. The summed E-state index contributed by atoms with van der Waals surface area (Å²) >= 11 is 1.78. The van der Waals surface area contributed by atoms with E-state index in [4.69, 9.17) is 0 Å². The first-order valence-electron chi connectivity index (χ1n) is 26.8. The van der Waals surface area contributed by atoms with Gasteiger partial charge in [-0.25, -0.2) is 0 Å². The second-order valence-electron chi connectivity index (χ2n) is 21.8. The van der Waals surface area contributed by atoms with E-state index in [1.165, 1.54) is 20.8 Å². The van der Waals surface area contributed by atoms with Crippen molar-refractivity contribution in [3.63, 3.8) is 0 Å². The molecule has 8 heteroatoms. The zero-order valence-electron chi connectivity index (χ0n) is 43.5. The summed E-state index contributed by atoms with van der Waals surface area (Å²) in [6, 6.07) is 86.0. The fraction of sp³-hybridized carbons (Fsp3) is 0.0423. The van der Waals surface area contributed by atoms with E-state index in [-0.39, 0.29) is 0 Å². The van der Waals surface area contributed by atoms with Gasteiger partial charge in [-0.2, -0.15) is 10.5 Å². The smallest absolute Gasteiger partial charge is 0.104 e. The van der Waals surface area contributed by atoms with Gasteiger partial charge in [0.2, 0.25) is 0 Å². The van der Waals surface area contributed by atoms with Crippen LogP contribution in [0.15, 0.2) is 224 Å². The standard InChI is InChI=1S/C71H46N6SSi/c1-79(2,3)65-35-19-11-20-44(65)43-36-37-51-53-38-39-54-52-27-10-18-34-64(52)78-71(54)70(53)77(63(51)40-43)69-56(42-73)67(75-59-30-14-6-23-47(59)48-24-7-15-31-60(48)75)66(74-57-28-12-4-21-45(57)46-22-5-13-29-58(46)74)55(41-72)68(69)76-61-32-16-8-25-49(61)50-26-9-17-33-62(50)76/h4-40H,1-3H3. The third-order valence-corrected chi connectivity index (χ3v) is 19.8. The van der Waals surface area contributed by atoms with Gasteiger partial charge in [-0.3, -0.25) is 0 Å². The van der Waals surface area contributed by atoms with E-state index < -0.39 is 8.07 Å². The maximum Gasteiger partial charge on any atom is 0.104 e. The van der Waals surface area contributed by atoms with E-state index in [1.807, 2.05) is 0 Å². The first-order chi connectivity index (χ1) is 38.8. The van der Waals surface area contributed by atoms with E-state index in [2.05, 4.69) is 275 Å². The SMILES string of the molecule is C[Si](C)(C)c1ccccc1-c1ccc2c3ccc4c5ccccc5sc4c3n(-c3c(C#N)c(-n4c5ccccc5c5ccccc54)c(-n4c5ccccc5c5ccccc54)c(C#N)c3-n3c4ccccc4c4ccccc43)c2c1. The first-order valence-corrected chi connectivity index (χ1v) is 31.1. The summed E-state index contributed by atoms with van der Waals surface area (Å²) in [5.41, 5.74) is 13.2. The number of hydrogen-bond acceptors (Lipinski definition) is 3. The van der Waals surface area contributed by atoms with Crippen molar-refractivity contribution in [3.05, 3.63) is 236 Å². The van der Waals surface area contributed by atoms with Gasteiger partial charge in [-0.1, -0.05) is 201 Å². The van der Waals surface area contributed by atoms with Gasteiger partial charge in [0.05, 0.1) is 79.7 Å². The van der Waals surface area contributed by atoms with Gasteiger partial charge < -0.3 is 18.3 Å². The van der Waals surface area contributed by atoms with Crippen molar-refractivity contribution in [1.82, 2.24) is 18.3 Å². The Morgan fingerprint density at radius 1 is 0.342 bits per heavy atom. The van der Waals surface area contributed by atoms with Crippen LogP contribution in [-0.4, -0.2) is 26.3 Å². The van der Waals surface area contributed by atoms with E-state index in [0.29, 0.717) is 33.9 Å². The molecule has 0 amide bonds. The highest BCUT2D eigenvalue weighted by molar-refractivity contribution is 7.26. The second kappa shape index (κ2) is 16.8. The minimum Gasteiger partial charge on any atom is -0.306 e. The number of thiophene rings is 1. The summed E-state index contributed by atoms with van der Waals surface area (Å²) < 4.78 is 11.5. The molecule has 0 unspecified atom stereocenters. The summed E-state index contributed by atoms with van der Waals surface area (Å²) in [5, 5.41) is 37.9. The fourth-order valence-electron chi connectivity index (χ4n) is 13.3. The lowest BCUT2D eigenvalue weighted by Crippen LogP contribution is -2.38. The molecule has 0 atom stereocenters. The summed E-state index contributed by atoms with van der Waals surface area (Å²) in [4.78, 5) is 0. The van der Waals surface area contributed by atoms with Gasteiger partial charge >= 0.3 is 0 Å². The number of rotatable bonds is 6. The molecule has 0 N–H and O–H groups in total. The van der Waals surface area contributed by atoms with Crippen LogP contribution in [-0.2, 0) is 0 Å². The van der Waals surface area contributed by atoms with Crippen LogP contribution >= 0.6 is 11.3 Å². The quantitative estimate of drug-likeness (QED) is 0.156. The molecule has 0 radical (unpaired) electrons. The molecule has 5 heterocycles. The average molecular weight is 1040 g/mol. The van der Waals surface area contributed by atoms with Crippen LogP contribution in [0.2, 0.25) is 19.6 Å². The average Bonchev–Trinajstić information content (AvgIpc) is 4.26. The van der Waals surface area contributed by atoms with Crippen LogP contribution in [0.5, 0.6) is 0 Å². The van der Waals surface area contributed by atoms with E-state index >= 15 is 0 Å². The van der Waals surface area contributed by atoms with Gasteiger partial charge in [0.25, 0.3) is 0 Å². The van der Waals surface area contributed by atoms with Crippen molar-refractivity contribution in [2.45, 2.75) is 19.6 Å². The highest BCUT2D eigenvalue weighted by Crippen LogP contribution is 2.51. The van der Waals surface area contributed by atoms with Crippen LogP contribution in [0.25, 0.3) is 141 Å². The van der Waals surface area contributed by atoms with Gasteiger partial charge in [0.1, 0.15) is 23.3 Å². The molecular weight excluding hydrogens is 997 g/mol. The number of aromatic nitrogens is 4. The van der Waals surface area contributed by atoms with Crippen molar-refractivity contribution in [2.75, 3.05) is 0 Å². The highest BCUT2D eigenvalue weighted by atomic mass is 32.1. The molecule has 16 aromatic rings. The number of hydrogen-bond donors (Lipinski definition) is 0. The maximum absolute atomic E-state index is 13.0. The number of para-hydroxylation sites is 6. The lowest BCUT2D eigenvalue weighted by molar-refractivity contribution is 1.03. The molecule has 0 spiro atoms. The van der Waals surface area contributed by atoms with E-state index in [0.717, 1.165) is 103 Å². The molecule has 0 bridgehead atoms. The van der Waals surface area contributed by atoms with E-state index in [9.17, 15) is 10.5 Å². The second-order valence-corrected chi connectivity index (χ2v) is 27.9. The van der Waals surface area contributed by atoms with Crippen LogP contribution in [0.3, 0.4) is 0 Å². The number of fused-ring (bicyclic) bond motifs is 16. The molecule has 6 nitrogen and oxygen atoms in total. The zero-order chi connectivity index (χ0) is 52.8. The van der Waals surface area contributed by atoms with Crippen LogP contribution < -0.4 is 5.19 Å². The Balaban J connectivity index is 1.23. The Kier molecular flexibility index (Phi) is 9.60. The Morgan fingerprint density at radius 2 is 0.696 bits per heavy atom. The number of nitriles is 2. The van der Waals surface area contributed by atoms with Gasteiger partial charge in [-0.05, 0) is 59.7 Å². The monoisotopic (exact) mass is 1040 g/mol.